The third-order valence-corrected chi connectivity index (χ3v) is 6.78. The molecule has 2 bridgehead atoms. The molecule has 5 heterocycles. The van der Waals surface area contributed by atoms with E-state index in [0.29, 0.717) is 36.3 Å². The quantitative estimate of drug-likeness (QED) is 0.570. The minimum atomic E-state index is 0.393. The number of aromatic amines is 1. The van der Waals surface area contributed by atoms with Crippen LogP contribution < -0.4 is 10.6 Å². The summed E-state index contributed by atoms with van der Waals surface area (Å²) in [6, 6.07) is 7.85. The standard InChI is InChI=1S/C20H24N8S/c1-12-9-17(27-26-12)23-20-24-18(16-5-8-29-19(16)25-20)22-13-10-14-3-4-15(11-13)28(14)7-2-6-21/h5,8-9,13-15H,2-4,7,10-11H2,1H3,(H3,22,23,24,25,26,27). The summed E-state index contributed by atoms with van der Waals surface area (Å²) in [5, 5.41) is 26.1. The molecule has 2 saturated heterocycles. The van der Waals surface area contributed by atoms with Gasteiger partial charge in [0.25, 0.3) is 0 Å². The van der Waals surface area contributed by atoms with Gasteiger partial charge >= 0.3 is 0 Å². The van der Waals surface area contributed by atoms with Gasteiger partial charge in [0, 0.05) is 42.9 Å². The highest BCUT2D eigenvalue weighted by Crippen LogP contribution is 2.37. The van der Waals surface area contributed by atoms with Crippen LogP contribution in [0.4, 0.5) is 17.6 Å². The van der Waals surface area contributed by atoms with Gasteiger partial charge in [0.15, 0.2) is 5.82 Å². The summed E-state index contributed by atoms with van der Waals surface area (Å²) in [5.41, 5.74) is 0.988. The molecule has 0 amide bonds. The fraction of sp³-hybridized carbons (Fsp3) is 0.500. The molecule has 0 aliphatic carbocycles. The van der Waals surface area contributed by atoms with Crippen LogP contribution in [0.25, 0.3) is 10.2 Å². The number of aryl methyl sites for hydroxylation is 1. The molecule has 0 radical (unpaired) electrons. The van der Waals surface area contributed by atoms with Gasteiger partial charge in [-0.15, -0.1) is 11.3 Å². The lowest BCUT2D eigenvalue weighted by Crippen LogP contribution is -2.47. The first kappa shape index (κ1) is 18.3. The van der Waals surface area contributed by atoms with Crippen LogP contribution in [0.1, 0.15) is 37.8 Å². The van der Waals surface area contributed by atoms with Crippen molar-refractivity contribution in [3.63, 3.8) is 0 Å². The van der Waals surface area contributed by atoms with Gasteiger partial charge in [-0.1, -0.05) is 0 Å². The first-order chi connectivity index (χ1) is 14.2. The highest BCUT2D eigenvalue weighted by molar-refractivity contribution is 7.16. The van der Waals surface area contributed by atoms with Crippen molar-refractivity contribution in [2.75, 3.05) is 17.2 Å². The van der Waals surface area contributed by atoms with Crippen molar-refractivity contribution in [2.24, 2.45) is 0 Å². The molecule has 3 aromatic heterocycles. The Bertz CT molecular complexity index is 1040. The number of anilines is 3. The van der Waals surface area contributed by atoms with E-state index in [1.54, 1.807) is 11.3 Å². The van der Waals surface area contributed by atoms with E-state index in [9.17, 15) is 0 Å². The second-order valence-electron chi connectivity index (χ2n) is 7.94. The Morgan fingerprint density at radius 3 is 2.86 bits per heavy atom. The zero-order valence-corrected chi connectivity index (χ0v) is 17.2. The van der Waals surface area contributed by atoms with Crippen molar-refractivity contribution in [3.8, 4) is 6.07 Å². The minimum absolute atomic E-state index is 0.393. The van der Waals surface area contributed by atoms with Crippen molar-refractivity contribution in [1.82, 2.24) is 25.1 Å². The van der Waals surface area contributed by atoms with E-state index in [4.69, 9.17) is 10.2 Å². The molecule has 150 valence electrons. The monoisotopic (exact) mass is 408 g/mol. The fourth-order valence-corrected chi connectivity index (χ4v) is 5.51. The largest absolute Gasteiger partial charge is 0.367 e. The number of nitrogens with zero attached hydrogens (tertiary/aromatic N) is 5. The lowest BCUT2D eigenvalue weighted by atomic mass is 9.97. The molecular weight excluding hydrogens is 384 g/mol. The van der Waals surface area contributed by atoms with E-state index in [1.807, 2.05) is 13.0 Å². The number of fused-ring (bicyclic) bond motifs is 3. The first-order valence-corrected chi connectivity index (χ1v) is 11.0. The number of rotatable bonds is 6. The molecule has 2 fully saturated rings. The zero-order valence-electron chi connectivity index (χ0n) is 16.4. The lowest BCUT2D eigenvalue weighted by Gasteiger charge is -2.39. The SMILES string of the molecule is Cc1cc(Nc2nc(NC3CC4CCC(C3)N4CCC#N)c3ccsc3n2)n[nH]1. The van der Waals surface area contributed by atoms with Crippen molar-refractivity contribution in [2.45, 2.75) is 57.2 Å². The van der Waals surface area contributed by atoms with Crippen LogP contribution in [0, 0.1) is 18.3 Å². The van der Waals surface area contributed by atoms with E-state index in [0.717, 1.165) is 41.1 Å². The Labute approximate surface area is 173 Å². The van der Waals surface area contributed by atoms with Crippen LogP contribution in [0.5, 0.6) is 0 Å². The number of H-pyrrole nitrogens is 1. The van der Waals surface area contributed by atoms with Gasteiger partial charge in [-0.25, -0.2) is 4.98 Å². The Morgan fingerprint density at radius 2 is 2.14 bits per heavy atom. The molecule has 2 aliphatic heterocycles. The van der Waals surface area contributed by atoms with E-state index in [-0.39, 0.29) is 0 Å². The molecule has 8 nitrogen and oxygen atoms in total. The van der Waals surface area contributed by atoms with Crippen LogP contribution in [-0.2, 0) is 0 Å². The highest BCUT2D eigenvalue weighted by Gasteiger charge is 2.40. The van der Waals surface area contributed by atoms with Gasteiger partial charge < -0.3 is 10.6 Å². The van der Waals surface area contributed by atoms with Gasteiger partial charge in [0.05, 0.1) is 11.5 Å². The van der Waals surface area contributed by atoms with E-state index >= 15 is 0 Å². The van der Waals surface area contributed by atoms with Gasteiger partial charge in [-0.3, -0.25) is 10.00 Å². The molecule has 0 spiro atoms. The fourth-order valence-electron chi connectivity index (χ4n) is 4.75. The Balaban J connectivity index is 1.35. The van der Waals surface area contributed by atoms with Crippen LogP contribution >= 0.6 is 11.3 Å². The molecule has 5 rings (SSSR count). The molecule has 0 aromatic carbocycles. The highest BCUT2D eigenvalue weighted by atomic mass is 32.1. The summed E-state index contributed by atoms with van der Waals surface area (Å²) in [4.78, 5) is 12.9. The molecule has 3 aromatic rings. The second-order valence-corrected chi connectivity index (χ2v) is 8.83. The molecule has 0 saturated carbocycles. The van der Waals surface area contributed by atoms with Crippen LogP contribution in [-0.4, -0.2) is 49.7 Å². The van der Waals surface area contributed by atoms with E-state index in [2.05, 4.69) is 48.2 Å². The smallest absolute Gasteiger partial charge is 0.231 e. The Kier molecular flexibility index (Phi) is 4.81. The van der Waals surface area contributed by atoms with Crippen molar-refractivity contribution in [1.29, 1.82) is 5.26 Å². The summed E-state index contributed by atoms with van der Waals surface area (Å²) in [6.45, 7) is 2.86. The Hall–Kier alpha value is -2.70. The van der Waals surface area contributed by atoms with E-state index in [1.165, 1.54) is 12.8 Å². The summed E-state index contributed by atoms with van der Waals surface area (Å²) < 4.78 is 0. The number of piperidine rings is 1. The Morgan fingerprint density at radius 1 is 1.31 bits per heavy atom. The normalized spacial score (nSPS) is 23.9. The third kappa shape index (κ3) is 3.66. The predicted octanol–water partition coefficient (Wildman–Crippen LogP) is 3.79. The van der Waals surface area contributed by atoms with Gasteiger partial charge in [0.2, 0.25) is 5.95 Å². The van der Waals surface area contributed by atoms with Crippen LogP contribution in [0.15, 0.2) is 17.5 Å². The number of hydrogen-bond donors (Lipinski definition) is 3. The molecule has 9 heteroatoms. The average molecular weight is 409 g/mol. The molecule has 2 aliphatic rings. The minimum Gasteiger partial charge on any atom is -0.367 e. The van der Waals surface area contributed by atoms with Gasteiger partial charge in [-0.2, -0.15) is 15.3 Å². The first-order valence-electron chi connectivity index (χ1n) is 10.1. The third-order valence-electron chi connectivity index (χ3n) is 5.98. The summed E-state index contributed by atoms with van der Waals surface area (Å²) in [7, 11) is 0. The molecule has 3 N–H and O–H groups in total. The molecule has 2 atom stereocenters. The number of aromatic nitrogens is 4. The van der Waals surface area contributed by atoms with E-state index < -0.39 is 0 Å². The number of nitriles is 1. The average Bonchev–Trinajstić information content (AvgIpc) is 3.39. The van der Waals surface area contributed by atoms with Gasteiger partial charge in [-0.05, 0) is 44.1 Å². The van der Waals surface area contributed by atoms with Crippen LogP contribution in [0.3, 0.4) is 0 Å². The topological polar surface area (TPSA) is 106 Å². The number of nitrogens with one attached hydrogen (secondary N) is 3. The van der Waals surface area contributed by atoms with Crippen LogP contribution in [0.2, 0.25) is 0 Å². The maximum Gasteiger partial charge on any atom is 0.231 e. The molecular formula is C20H24N8S. The van der Waals surface area contributed by atoms with Crippen molar-refractivity contribution in [3.05, 3.63) is 23.2 Å². The summed E-state index contributed by atoms with van der Waals surface area (Å²) in [5.74, 6) is 2.16. The van der Waals surface area contributed by atoms with Crippen molar-refractivity contribution >= 4 is 39.1 Å². The summed E-state index contributed by atoms with van der Waals surface area (Å²) >= 11 is 1.62. The lowest BCUT2D eigenvalue weighted by molar-refractivity contribution is 0.136. The predicted molar refractivity (Wildman–Crippen MR) is 114 cm³/mol. The maximum absolute atomic E-state index is 8.94. The van der Waals surface area contributed by atoms with Crippen molar-refractivity contribution < 1.29 is 0 Å². The second kappa shape index (κ2) is 7.61. The molecule has 29 heavy (non-hydrogen) atoms. The van der Waals surface area contributed by atoms with Gasteiger partial charge in [0.1, 0.15) is 10.6 Å². The number of thiophene rings is 1. The zero-order chi connectivity index (χ0) is 19.8. The number of hydrogen-bond acceptors (Lipinski definition) is 8. The maximum atomic E-state index is 8.94. The molecule has 2 unspecified atom stereocenters. The summed E-state index contributed by atoms with van der Waals surface area (Å²) in [6.07, 6.45) is 5.28.